The number of para-hydroxylation sites is 1. The van der Waals surface area contributed by atoms with Gasteiger partial charge in [-0.3, -0.25) is 19.4 Å². The Labute approximate surface area is 138 Å². The molecule has 0 unspecified atom stereocenters. The number of carbonyl (C=O) groups excluding carboxylic acids is 3. The molecule has 1 aromatic carbocycles. The van der Waals surface area contributed by atoms with Crippen molar-refractivity contribution >= 4 is 23.9 Å². The zero-order valence-corrected chi connectivity index (χ0v) is 13.4. The summed E-state index contributed by atoms with van der Waals surface area (Å²) in [5.74, 6) is -0.834. The van der Waals surface area contributed by atoms with Crippen molar-refractivity contribution in [1.29, 1.82) is 5.26 Å². The summed E-state index contributed by atoms with van der Waals surface area (Å²) in [6, 6.07) is 6.03. The first-order chi connectivity index (χ1) is 11.4. The molecule has 8 heteroatoms. The first-order valence-electron chi connectivity index (χ1n) is 6.90. The summed E-state index contributed by atoms with van der Waals surface area (Å²) in [5.41, 5.74) is 0.201. The standard InChI is InChI=1S/C16H15N3O5/c1-18-14(20)11(15(21)19(2)16(18)22)9-10-5-4-6-12(23-3)13(10)24-8-7-17/h4-6,9H,8H2,1-3H3. The fourth-order valence-corrected chi connectivity index (χ4v) is 2.20. The monoisotopic (exact) mass is 329 g/mol. The molecule has 1 fully saturated rings. The van der Waals surface area contributed by atoms with Crippen LogP contribution in [0, 0.1) is 11.3 Å². The summed E-state index contributed by atoms with van der Waals surface area (Å²) in [7, 11) is 4.02. The zero-order chi connectivity index (χ0) is 17.9. The molecule has 0 aliphatic carbocycles. The van der Waals surface area contributed by atoms with E-state index in [4.69, 9.17) is 14.7 Å². The largest absolute Gasteiger partial charge is 0.493 e. The average molecular weight is 329 g/mol. The molecule has 0 aromatic heterocycles. The normalized spacial score (nSPS) is 14.6. The van der Waals surface area contributed by atoms with Crippen molar-refractivity contribution in [3.05, 3.63) is 29.3 Å². The number of methoxy groups -OCH3 is 1. The van der Waals surface area contributed by atoms with Gasteiger partial charge < -0.3 is 9.47 Å². The van der Waals surface area contributed by atoms with Gasteiger partial charge in [-0.1, -0.05) is 12.1 Å². The van der Waals surface area contributed by atoms with E-state index in [0.29, 0.717) is 11.3 Å². The predicted molar refractivity (Wildman–Crippen MR) is 83.0 cm³/mol. The van der Waals surface area contributed by atoms with Crippen LogP contribution in [0.15, 0.2) is 23.8 Å². The molecule has 0 radical (unpaired) electrons. The smallest absolute Gasteiger partial charge is 0.333 e. The van der Waals surface area contributed by atoms with Crippen LogP contribution in [0.2, 0.25) is 0 Å². The summed E-state index contributed by atoms with van der Waals surface area (Å²) < 4.78 is 10.5. The Morgan fingerprint density at radius 3 is 2.33 bits per heavy atom. The minimum Gasteiger partial charge on any atom is -0.493 e. The van der Waals surface area contributed by atoms with Crippen LogP contribution in [-0.4, -0.2) is 55.5 Å². The Morgan fingerprint density at radius 1 is 1.17 bits per heavy atom. The molecule has 2 rings (SSSR count). The van der Waals surface area contributed by atoms with Crippen molar-refractivity contribution in [2.75, 3.05) is 27.8 Å². The Kier molecular flexibility index (Phi) is 4.84. The van der Waals surface area contributed by atoms with E-state index >= 15 is 0 Å². The molecule has 0 saturated carbocycles. The van der Waals surface area contributed by atoms with E-state index in [2.05, 4.69) is 0 Å². The summed E-state index contributed by atoms with van der Waals surface area (Å²) in [6.45, 7) is -0.225. The van der Waals surface area contributed by atoms with Crippen molar-refractivity contribution in [2.45, 2.75) is 0 Å². The van der Waals surface area contributed by atoms with Gasteiger partial charge in [-0.15, -0.1) is 0 Å². The molecule has 1 aliphatic rings. The van der Waals surface area contributed by atoms with Crippen LogP contribution in [0.4, 0.5) is 4.79 Å². The third-order valence-corrected chi connectivity index (χ3v) is 3.45. The Hall–Kier alpha value is -3.34. The Balaban J connectivity index is 2.54. The number of nitrogens with zero attached hydrogens (tertiary/aromatic N) is 3. The lowest BCUT2D eigenvalue weighted by Gasteiger charge is -2.29. The highest BCUT2D eigenvalue weighted by atomic mass is 16.5. The highest BCUT2D eigenvalue weighted by Crippen LogP contribution is 2.33. The van der Waals surface area contributed by atoms with Crippen LogP contribution in [0.3, 0.4) is 0 Å². The summed E-state index contributed by atoms with van der Waals surface area (Å²) in [6.07, 6.45) is 1.32. The van der Waals surface area contributed by atoms with E-state index in [0.717, 1.165) is 9.80 Å². The van der Waals surface area contributed by atoms with Gasteiger partial charge in [0.1, 0.15) is 11.6 Å². The van der Waals surface area contributed by atoms with Gasteiger partial charge >= 0.3 is 6.03 Å². The molecule has 0 spiro atoms. The molecule has 4 amide bonds. The number of barbiturate groups is 1. The fourth-order valence-electron chi connectivity index (χ4n) is 2.20. The molecule has 24 heavy (non-hydrogen) atoms. The number of carbonyl (C=O) groups is 3. The van der Waals surface area contributed by atoms with Crippen molar-refractivity contribution in [1.82, 2.24) is 9.80 Å². The molecule has 1 aliphatic heterocycles. The maximum Gasteiger partial charge on any atom is 0.333 e. The number of hydrogen-bond donors (Lipinski definition) is 0. The molecule has 0 N–H and O–H groups in total. The van der Waals surface area contributed by atoms with Gasteiger partial charge in [0.25, 0.3) is 11.8 Å². The Bertz CT molecular complexity index is 752. The second kappa shape index (κ2) is 6.83. The number of imide groups is 2. The van der Waals surface area contributed by atoms with Gasteiger partial charge in [0.05, 0.1) is 7.11 Å². The number of amides is 4. The van der Waals surface area contributed by atoms with E-state index < -0.39 is 17.8 Å². The lowest BCUT2D eigenvalue weighted by molar-refractivity contribution is -0.134. The van der Waals surface area contributed by atoms with E-state index in [1.807, 2.05) is 6.07 Å². The maximum atomic E-state index is 12.2. The summed E-state index contributed by atoms with van der Waals surface area (Å²) in [4.78, 5) is 37.9. The molecular weight excluding hydrogens is 314 g/mol. The number of urea groups is 1. The molecule has 124 valence electrons. The van der Waals surface area contributed by atoms with E-state index in [-0.39, 0.29) is 17.9 Å². The van der Waals surface area contributed by atoms with Crippen molar-refractivity contribution in [3.8, 4) is 17.6 Å². The van der Waals surface area contributed by atoms with E-state index in [1.165, 1.54) is 27.3 Å². The number of hydrogen-bond acceptors (Lipinski definition) is 6. The lowest BCUT2D eigenvalue weighted by Crippen LogP contribution is -2.52. The molecule has 1 saturated heterocycles. The van der Waals surface area contributed by atoms with Gasteiger partial charge in [0, 0.05) is 19.7 Å². The van der Waals surface area contributed by atoms with Crippen LogP contribution >= 0.6 is 0 Å². The highest BCUT2D eigenvalue weighted by Gasteiger charge is 2.38. The lowest BCUT2D eigenvalue weighted by atomic mass is 10.1. The SMILES string of the molecule is COc1cccc(C=C2C(=O)N(C)C(=O)N(C)C2=O)c1OCC#N. The van der Waals surface area contributed by atoms with Crippen LogP contribution in [0.5, 0.6) is 11.5 Å². The van der Waals surface area contributed by atoms with Crippen molar-refractivity contribution in [2.24, 2.45) is 0 Å². The molecule has 0 atom stereocenters. The number of benzene rings is 1. The number of nitriles is 1. The van der Waals surface area contributed by atoms with Crippen LogP contribution < -0.4 is 9.47 Å². The first-order valence-corrected chi connectivity index (χ1v) is 6.90. The van der Waals surface area contributed by atoms with Crippen LogP contribution in [0.25, 0.3) is 6.08 Å². The second-order valence-corrected chi connectivity index (χ2v) is 4.89. The van der Waals surface area contributed by atoms with Crippen molar-refractivity contribution in [3.63, 3.8) is 0 Å². The molecule has 1 aromatic rings. The van der Waals surface area contributed by atoms with Gasteiger partial charge in [0.15, 0.2) is 18.1 Å². The average Bonchev–Trinajstić information content (AvgIpc) is 2.60. The fraction of sp³-hybridized carbons (Fsp3) is 0.250. The minimum absolute atomic E-state index is 0.185. The molecule has 1 heterocycles. The zero-order valence-electron chi connectivity index (χ0n) is 13.4. The predicted octanol–water partition coefficient (Wildman–Crippen LogP) is 1.03. The Morgan fingerprint density at radius 2 is 1.79 bits per heavy atom. The molecule has 0 bridgehead atoms. The maximum absolute atomic E-state index is 12.2. The highest BCUT2D eigenvalue weighted by molar-refractivity contribution is 6.30. The third-order valence-electron chi connectivity index (χ3n) is 3.45. The number of likely N-dealkylation sites (N-methyl/N-ethyl adjacent to an activating group) is 2. The molecule has 8 nitrogen and oxygen atoms in total. The van der Waals surface area contributed by atoms with E-state index in [1.54, 1.807) is 18.2 Å². The van der Waals surface area contributed by atoms with E-state index in [9.17, 15) is 14.4 Å². The topological polar surface area (TPSA) is 99.9 Å². The number of ether oxygens (including phenoxy) is 2. The van der Waals surface area contributed by atoms with Crippen LogP contribution in [0.1, 0.15) is 5.56 Å². The van der Waals surface area contributed by atoms with Gasteiger partial charge in [-0.25, -0.2) is 4.79 Å². The van der Waals surface area contributed by atoms with Gasteiger partial charge in [-0.2, -0.15) is 5.26 Å². The summed E-state index contributed by atoms with van der Waals surface area (Å²) in [5, 5.41) is 8.70. The van der Waals surface area contributed by atoms with Crippen molar-refractivity contribution < 1.29 is 23.9 Å². The quantitative estimate of drug-likeness (QED) is 0.604. The minimum atomic E-state index is -0.711. The second-order valence-electron chi connectivity index (χ2n) is 4.89. The third kappa shape index (κ3) is 2.92. The van der Waals surface area contributed by atoms with Crippen LogP contribution in [-0.2, 0) is 9.59 Å². The summed E-state index contributed by atoms with van der Waals surface area (Å²) >= 11 is 0. The first kappa shape index (κ1) is 17.0. The number of rotatable bonds is 4. The van der Waals surface area contributed by atoms with Gasteiger partial charge in [0.2, 0.25) is 0 Å². The van der Waals surface area contributed by atoms with Gasteiger partial charge in [-0.05, 0) is 12.1 Å². The molecular formula is C16H15N3O5.